The lowest BCUT2D eigenvalue weighted by Crippen LogP contribution is -2.46. The Morgan fingerprint density at radius 1 is 1.32 bits per heavy atom. The first kappa shape index (κ1) is 17.9. The number of likely N-dealkylation sites (tertiary alicyclic amines) is 1. The summed E-state index contributed by atoms with van der Waals surface area (Å²) >= 11 is 3.38. The average Bonchev–Trinajstić information content (AvgIpc) is 2.80. The molecule has 0 bridgehead atoms. The average molecular weight is 408 g/mol. The Kier molecular flexibility index (Phi) is 4.86. The molecule has 1 N–H and O–H groups in total. The number of urea groups is 1. The number of amides is 4. The number of carbonyl (C=O) groups is 3. The first-order chi connectivity index (χ1) is 11.8. The van der Waals surface area contributed by atoms with Gasteiger partial charge in [0.2, 0.25) is 5.91 Å². The van der Waals surface area contributed by atoms with Gasteiger partial charge in [0.1, 0.15) is 12.1 Å². The van der Waals surface area contributed by atoms with Gasteiger partial charge < -0.3 is 10.2 Å². The summed E-state index contributed by atoms with van der Waals surface area (Å²) in [5.41, 5.74) is -0.473. The highest BCUT2D eigenvalue weighted by atomic mass is 79.9. The molecule has 0 saturated carbocycles. The van der Waals surface area contributed by atoms with Gasteiger partial charge in [-0.25, -0.2) is 4.79 Å². The van der Waals surface area contributed by atoms with Crippen LogP contribution in [0.1, 0.15) is 32.3 Å². The number of nitrogens with zero attached hydrogens (tertiary/aromatic N) is 2. The molecule has 3 rings (SSSR count). The van der Waals surface area contributed by atoms with Gasteiger partial charge in [0.15, 0.2) is 0 Å². The maximum Gasteiger partial charge on any atom is 0.325 e. The standard InChI is InChI=1S/C18H22BrN3O3/c1-12-6-8-21(9-7-12)15(23)11-22-16(24)18(2,20-17(22)25)13-4-3-5-14(19)10-13/h3-5,10,12H,6-9,11H2,1-2H3,(H,20,25)/t18-/m0/s1. The highest BCUT2D eigenvalue weighted by Crippen LogP contribution is 2.30. The number of nitrogens with one attached hydrogen (secondary N) is 1. The van der Waals surface area contributed by atoms with Crippen molar-refractivity contribution in [2.75, 3.05) is 19.6 Å². The number of piperidine rings is 1. The van der Waals surface area contributed by atoms with Crippen molar-refractivity contribution in [3.63, 3.8) is 0 Å². The van der Waals surface area contributed by atoms with E-state index in [0.717, 1.165) is 22.2 Å². The zero-order chi connectivity index (χ0) is 18.2. The lowest BCUT2D eigenvalue weighted by atomic mass is 9.92. The van der Waals surface area contributed by atoms with Crippen LogP contribution in [0.5, 0.6) is 0 Å². The van der Waals surface area contributed by atoms with Gasteiger partial charge in [-0.05, 0) is 43.4 Å². The fourth-order valence-corrected chi connectivity index (χ4v) is 3.73. The van der Waals surface area contributed by atoms with Gasteiger partial charge in [-0.1, -0.05) is 35.0 Å². The summed E-state index contributed by atoms with van der Waals surface area (Å²) in [4.78, 5) is 40.5. The zero-order valence-electron chi connectivity index (χ0n) is 14.4. The fourth-order valence-electron chi connectivity index (χ4n) is 3.33. The van der Waals surface area contributed by atoms with Crippen LogP contribution in [0.3, 0.4) is 0 Å². The minimum atomic E-state index is -1.16. The molecule has 7 heteroatoms. The molecule has 1 atom stereocenters. The molecule has 2 fully saturated rings. The zero-order valence-corrected chi connectivity index (χ0v) is 16.0. The molecule has 0 radical (unpaired) electrons. The second kappa shape index (κ2) is 6.78. The van der Waals surface area contributed by atoms with E-state index >= 15 is 0 Å². The molecule has 25 heavy (non-hydrogen) atoms. The molecule has 2 heterocycles. The van der Waals surface area contributed by atoms with Crippen molar-refractivity contribution >= 4 is 33.8 Å². The van der Waals surface area contributed by atoms with Crippen LogP contribution >= 0.6 is 15.9 Å². The fraction of sp³-hybridized carbons (Fsp3) is 0.500. The van der Waals surface area contributed by atoms with Crippen molar-refractivity contribution in [2.24, 2.45) is 5.92 Å². The van der Waals surface area contributed by atoms with E-state index in [4.69, 9.17) is 0 Å². The van der Waals surface area contributed by atoms with Gasteiger partial charge in [-0.3, -0.25) is 14.5 Å². The predicted octanol–water partition coefficient (Wildman–Crippen LogP) is 2.47. The van der Waals surface area contributed by atoms with E-state index in [9.17, 15) is 14.4 Å². The molecule has 2 aliphatic heterocycles. The van der Waals surface area contributed by atoms with Gasteiger partial charge in [0.25, 0.3) is 5.91 Å². The third-order valence-electron chi connectivity index (χ3n) is 5.11. The number of benzene rings is 1. The van der Waals surface area contributed by atoms with Crippen LogP contribution in [0.2, 0.25) is 0 Å². The summed E-state index contributed by atoms with van der Waals surface area (Å²) in [6.45, 7) is 5.01. The normalized spacial score (nSPS) is 24.6. The molecule has 0 spiro atoms. The van der Waals surface area contributed by atoms with Gasteiger partial charge in [-0.2, -0.15) is 0 Å². The maximum atomic E-state index is 12.9. The summed E-state index contributed by atoms with van der Waals surface area (Å²) in [6.07, 6.45) is 1.92. The maximum absolute atomic E-state index is 12.9. The largest absolute Gasteiger partial charge is 0.341 e. The van der Waals surface area contributed by atoms with Crippen molar-refractivity contribution in [1.29, 1.82) is 0 Å². The molecular formula is C18H22BrN3O3. The Labute approximate surface area is 155 Å². The Morgan fingerprint density at radius 2 is 2.00 bits per heavy atom. The Morgan fingerprint density at radius 3 is 2.64 bits per heavy atom. The van der Waals surface area contributed by atoms with E-state index in [0.29, 0.717) is 24.6 Å². The molecule has 0 aromatic heterocycles. The SMILES string of the molecule is CC1CCN(C(=O)CN2C(=O)N[C@@](C)(c3cccc(Br)c3)C2=O)CC1. The molecule has 6 nitrogen and oxygen atoms in total. The van der Waals surface area contributed by atoms with Crippen LogP contribution in [0.25, 0.3) is 0 Å². The molecule has 0 aliphatic carbocycles. The summed E-state index contributed by atoms with van der Waals surface area (Å²) in [7, 11) is 0. The molecular weight excluding hydrogens is 386 g/mol. The van der Waals surface area contributed by atoms with Gasteiger partial charge in [0.05, 0.1) is 0 Å². The van der Waals surface area contributed by atoms with Gasteiger partial charge >= 0.3 is 6.03 Å². The smallest absolute Gasteiger partial charge is 0.325 e. The summed E-state index contributed by atoms with van der Waals surface area (Å²) in [5, 5.41) is 2.73. The van der Waals surface area contributed by atoms with Crippen molar-refractivity contribution in [2.45, 2.75) is 32.2 Å². The van der Waals surface area contributed by atoms with Crippen molar-refractivity contribution < 1.29 is 14.4 Å². The second-order valence-corrected chi connectivity index (χ2v) is 7.94. The van der Waals surface area contributed by atoms with Crippen molar-refractivity contribution in [1.82, 2.24) is 15.1 Å². The Balaban J connectivity index is 1.74. The van der Waals surface area contributed by atoms with Crippen molar-refractivity contribution in [3.05, 3.63) is 34.3 Å². The third kappa shape index (κ3) is 3.42. The number of imide groups is 1. The van der Waals surface area contributed by atoms with E-state index in [1.807, 2.05) is 12.1 Å². The van der Waals surface area contributed by atoms with E-state index in [1.165, 1.54) is 0 Å². The number of rotatable bonds is 3. The second-order valence-electron chi connectivity index (χ2n) is 7.02. The van der Waals surface area contributed by atoms with E-state index in [1.54, 1.807) is 24.0 Å². The number of hydrogen-bond donors (Lipinski definition) is 1. The first-order valence-electron chi connectivity index (χ1n) is 8.49. The minimum absolute atomic E-state index is 0.172. The lowest BCUT2D eigenvalue weighted by Gasteiger charge is -2.31. The van der Waals surface area contributed by atoms with Crippen LogP contribution < -0.4 is 5.32 Å². The monoisotopic (exact) mass is 407 g/mol. The van der Waals surface area contributed by atoms with Crippen LogP contribution in [0.4, 0.5) is 4.79 Å². The Bertz CT molecular complexity index is 715. The molecule has 2 saturated heterocycles. The molecule has 1 aromatic carbocycles. The highest BCUT2D eigenvalue weighted by Gasteiger charge is 2.49. The van der Waals surface area contributed by atoms with Crippen LogP contribution in [0, 0.1) is 5.92 Å². The number of carbonyl (C=O) groups excluding carboxylic acids is 3. The minimum Gasteiger partial charge on any atom is -0.341 e. The molecule has 2 aliphatic rings. The van der Waals surface area contributed by atoms with Crippen LogP contribution in [-0.4, -0.2) is 47.3 Å². The lowest BCUT2D eigenvalue weighted by molar-refractivity contribution is -0.139. The molecule has 4 amide bonds. The summed E-state index contributed by atoms with van der Waals surface area (Å²) < 4.78 is 0.824. The molecule has 0 unspecified atom stereocenters. The van der Waals surface area contributed by atoms with Gasteiger partial charge in [0, 0.05) is 17.6 Å². The van der Waals surface area contributed by atoms with Crippen LogP contribution in [0.15, 0.2) is 28.7 Å². The van der Waals surface area contributed by atoms with E-state index in [-0.39, 0.29) is 12.5 Å². The molecule has 134 valence electrons. The third-order valence-corrected chi connectivity index (χ3v) is 5.60. The highest BCUT2D eigenvalue weighted by molar-refractivity contribution is 9.10. The first-order valence-corrected chi connectivity index (χ1v) is 9.28. The summed E-state index contributed by atoms with van der Waals surface area (Å²) in [6, 6.07) is 6.74. The quantitative estimate of drug-likeness (QED) is 0.782. The summed E-state index contributed by atoms with van der Waals surface area (Å²) in [5.74, 6) is 0.0452. The van der Waals surface area contributed by atoms with E-state index < -0.39 is 17.5 Å². The van der Waals surface area contributed by atoms with Gasteiger partial charge in [-0.15, -0.1) is 0 Å². The topological polar surface area (TPSA) is 69.7 Å². The van der Waals surface area contributed by atoms with E-state index in [2.05, 4.69) is 28.2 Å². The van der Waals surface area contributed by atoms with Crippen LogP contribution in [-0.2, 0) is 15.1 Å². The molecule has 1 aromatic rings. The van der Waals surface area contributed by atoms with Crippen molar-refractivity contribution in [3.8, 4) is 0 Å². The predicted molar refractivity (Wildman–Crippen MR) is 96.7 cm³/mol. The Hall–Kier alpha value is -1.89. The number of hydrogen-bond acceptors (Lipinski definition) is 3. The number of halogens is 1.